The van der Waals surface area contributed by atoms with Gasteiger partial charge in [0.2, 0.25) is 5.13 Å². The normalized spacial score (nSPS) is 10.1. The molecule has 0 saturated heterocycles. The summed E-state index contributed by atoms with van der Waals surface area (Å²) >= 11 is 1.23. The molecule has 8 heteroatoms. The van der Waals surface area contributed by atoms with Crippen molar-refractivity contribution in [3.63, 3.8) is 0 Å². The van der Waals surface area contributed by atoms with Crippen molar-refractivity contribution in [1.29, 1.82) is 0 Å². The molecule has 0 atom stereocenters. The van der Waals surface area contributed by atoms with E-state index in [0.29, 0.717) is 11.7 Å². The zero-order valence-electron chi connectivity index (χ0n) is 10.6. The van der Waals surface area contributed by atoms with E-state index in [4.69, 9.17) is 5.11 Å². The lowest BCUT2D eigenvalue weighted by molar-refractivity contribution is 0.0697. The van der Waals surface area contributed by atoms with Crippen LogP contribution in [-0.4, -0.2) is 39.3 Å². The van der Waals surface area contributed by atoms with Crippen molar-refractivity contribution in [2.24, 2.45) is 0 Å². The highest BCUT2D eigenvalue weighted by Crippen LogP contribution is 2.11. The number of aromatic nitrogens is 2. The summed E-state index contributed by atoms with van der Waals surface area (Å²) in [4.78, 5) is 24.1. The summed E-state index contributed by atoms with van der Waals surface area (Å²) in [7, 11) is 1.64. The summed E-state index contributed by atoms with van der Waals surface area (Å²) in [6.45, 7) is 0.366. The minimum Gasteiger partial charge on any atom is -0.478 e. The Morgan fingerprint density at radius 3 is 2.60 bits per heavy atom. The molecule has 7 nitrogen and oxygen atoms in total. The molecule has 1 aromatic carbocycles. The quantitative estimate of drug-likeness (QED) is 0.897. The first-order valence-electron chi connectivity index (χ1n) is 5.67. The molecule has 0 fully saturated rings. The summed E-state index contributed by atoms with van der Waals surface area (Å²) in [5.41, 5.74) is 2.58. The highest BCUT2D eigenvalue weighted by Gasteiger charge is 2.11. The predicted molar refractivity (Wildman–Crippen MR) is 73.8 cm³/mol. The number of carboxylic acids is 1. The summed E-state index contributed by atoms with van der Waals surface area (Å²) in [6.07, 6.45) is 0. The number of urea groups is 1. The number of carbonyl (C=O) groups excluding carboxylic acids is 1. The molecule has 0 radical (unpaired) electrons. The molecule has 20 heavy (non-hydrogen) atoms. The number of carboxylic acid groups (broad SMARTS) is 1. The van der Waals surface area contributed by atoms with Crippen molar-refractivity contribution < 1.29 is 14.7 Å². The van der Waals surface area contributed by atoms with Crippen LogP contribution in [0.4, 0.5) is 9.93 Å². The van der Waals surface area contributed by atoms with Crippen LogP contribution in [0.15, 0.2) is 29.8 Å². The number of rotatable bonds is 4. The first-order chi connectivity index (χ1) is 9.56. The number of carbonyl (C=O) groups is 2. The van der Waals surface area contributed by atoms with Crippen LogP contribution < -0.4 is 5.32 Å². The Bertz CT molecular complexity index is 598. The molecule has 2 rings (SSSR count). The van der Waals surface area contributed by atoms with Gasteiger partial charge in [-0.15, -0.1) is 10.2 Å². The molecule has 2 amide bonds. The number of nitrogens with one attached hydrogen (secondary N) is 1. The van der Waals surface area contributed by atoms with Crippen molar-refractivity contribution >= 4 is 28.5 Å². The van der Waals surface area contributed by atoms with Crippen molar-refractivity contribution in [1.82, 2.24) is 15.1 Å². The Morgan fingerprint density at radius 1 is 1.35 bits per heavy atom. The van der Waals surface area contributed by atoms with Gasteiger partial charge < -0.3 is 10.0 Å². The molecule has 2 aromatic rings. The van der Waals surface area contributed by atoms with Gasteiger partial charge in [-0.2, -0.15) is 0 Å². The van der Waals surface area contributed by atoms with Gasteiger partial charge in [0.15, 0.2) is 0 Å². The molecule has 0 unspecified atom stereocenters. The number of aromatic carboxylic acids is 1. The van der Waals surface area contributed by atoms with Gasteiger partial charge in [-0.05, 0) is 17.7 Å². The maximum absolute atomic E-state index is 11.8. The maximum Gasteiger partial charge on any atom is 0.335 e. The van der Waals surface area contributed by atoms with Crippen LogP contribution in [0.2, 0.25) is 0 Å². The monoisotopic (exact) mass is 292 g/mol. The second-order valence-corrected chi connectivity index (χ2v) is 4.87. The largest absolute Gasteiger partial charge is 0.478 e. The van der Waals surface area contributed by atoms with Crippen molar-refractivity contribution in [3.8, 4) is 0 Å². The van der Waals surface area contributed by atoms with E-state index >= 15 is 0 Å². The van der Waals surface area contributed by atoms with Gasteiger partial charge in [-0.1, -0.05) is 23.5 Å². The van der Waals surface area contributed by atoms with E-state index in [0.717, 1.165) is 5.56 Å². The molecule has 1 aromatic heterocycles. The molecule has 0 aliphatic rings. The Labute approximate surface area is 118 Å². The van der Waals surface area contributed by atoms with Crippen molar-refractivity contribution in [2.75, 3.05) is 12.4 Å². The summed E-state index contributed by atoms with van der Waals surface area (Å²) < 4.78 is 0. The Kier molecular flexibility index (Phi) is 4.26. The number of benzene rings is 1. The van der Waals surface area contributed by atoms with Gasteiger partial charge in [0.05, 0.1) is 5.56 Å². The summed E-state index contributed by atoms with van der Waals surface area (Å²) in [5, 5.41) is 19.2. The smallest absolute Gasteiger partial charge is 0.335 e. The van der Waals surface area contributed by atoms with Gasteiger partial charge in [0.1, 0.15) is 5.51 Å². The van der Waals surface area contributed by atoms with Crippen LogP contribution in [0.5, 0.6) is 0 Å². The van der Waals surface area contributed by atoms with Crippen molar-refractivity contribution in [3.05, 3.63) is 40.9 Å². The third-order valence-corrected chi connectivity index (χ3v) is 3.15. The minimum atomic E-state index is -0.973. The van der Waals surface area contributed by atoms with Crippen LogP contribution in [0.25, 0.3) is 0 Å². The second-order valence-electron chi connectivity index (χ2n) is 4.03. The SMILES string of the molecule is CN(Cc1ccc(C(=O)O)cc1)C(=O)Nc1nncs1. The van der Waals surface area contributed by atoms with Crippen molar-refractivity contribution in [2.45, 2.75) is 6.54 Å². The van der Waals surface area contributed by atoms with Gasteiger partial charge in [0, 0.05) is 13.6 Å². The topological polar surface area (TPSA) is 95.4 Å². The molecule has 1 heterocycles. The standard InChI is InChI=1S/C12H12N4O3S/c1-16(12(19)14-11-15-13-7-20-11)6-8-2-4-9(5-3-8)10(17)18/h2-5,7H,6H2,1H3,(H,17,18)(H,14,15,19). The first-order valence-corrected chi connectivity index (χ1v) is 6.55. The lowest BCUT2D eigenvalue weighted by atomic mass is 10.1. The Balaban J connectivity index is 1.95. The third kappa shape index (κ3) is 3.51. The second kappa shape index (κ2) is 6.11. The third-order valence-electron chi connectivity index (χ3n) is 2.54. The molecule has 0 aliphatic carbocycles. The average Bonchev–Trinajstić information content (AvgIpc) is 2.92. The highest BCUT2D eigenvalue weighted by atomic mass is 32.1. The number of hydrogen-bond acceptors (Lipinski definition) is 5. The van der Waals surface area contributed by atoms with E-state index in [1.165, 1.54) is 33.9 Å². The summed E-state index contributed by atoms with van der Waals surface area (Å²) in [5.74, 6) is -0.973. The van der Waals surface area contributed by atoms with Crippen LogP contribution in [0.1, 0.15) is 15.9 Å². The number of anilines is 1. The van der Waals surface area contributed by atoms with E-state index in [1.54, 1.807) is 19.2 Å². The van der Waals surface area contributed by atoms with E-state index in [1.807, 2.05) is 0 Å². The summed E-state index contributed by atoms with van der Waals surface area (Å²) in [6, 6.07) is 6.07. The van der Waals surface area contributed by atoms with E-state index in [9.17, 15) is 9.59 Å². The number of amides is 2. The molecule has 0 aliphatic heterocycles. The zero-order chi connectivity index (χ0) is 14.5. The van der Waals surface area contributed by atoms with Crippen LogP contribution >= 0.6 is 11.3 Å². The van der Waals surface area contributed by atoms with Gasteiger partial charge in [0.25, 0.3) is 0 Å². The first kappa shape index (κ1) is 13.9. The maximum atomic E-state index is 11.8. The average molecular weight is 292 g/mol. The Morgan fingerprint density at radius 2 is 2.05 bits per heavy atom. The molecular weight excluding hydrogens is 280 g/mol. The van der Waals surface area contributed by atoms with E-state index < -0.39 is 5.97 Å². The molecular formula is C12H12N4O3S. The van der Waals surface area contributed by atoms with Crippen LogP contribution in [0.3, 0.4) is 0 Å². The fourth-order valence-corrected chi connectivity index (χ4v) is 1.95. The molecule has 0 spiro atoms. The minimum absolute atomic E-state index is 0.217. The van der Waals surface area contributed by atoms with Gasteiger partial charge in [-0.25, -0.2) is 9.59 Å². The zero-order valence-corrected chi connectivity index (χ0v) is 11.4. The van der Waals surface area contributed by atoms with Crippen LogP contribution in [0, 0.1) is 0 Å². The Hall–Kier alpha value is -2.48. The highest BCUT2D eigenvalue weighted by molar-refractivity contribution is 7.13. The molecule has 104 valence electrons. The number of hydrogen-bond donors (Lipinski definition) is 2. The lowest BCUT2D eigenvalue weighted by Gasteiger charge is -2.16. The van der Waals surface area contributed by atoms with Gasteiger partial charge >= 0.3 is 12.0 Å². The van der Waals surface area contributed by atoms with Gasteiger partial charge in [-0.3, -0.25) is 5.32 Å². The van der Waals surface area contributed by atoms with E-state index in [2.05, 4.69) is 15.5 Å². The molecule has 0 bridgehead atoms. The fraction of sp³-hybridized carbons (Fsp3) is 0.167. The molecule has 2 N–H and O–H groups in total. The van der Waals surface area contributed by atoms with Crippen LogP contribution in [-0.2, 0) is 6.54 Å². The molecule has 0 saturated carbocycles. The fourth-order valence-electron chi connectivity index (χ4n) is 1.51. The number of nitrogens with zero attached hydrogens (tertiary/aromatic N) is 3. The lowest BCUT2D eigenvalue weighted by Crippen LogP contribution is -2.30. The predicted octanol–water partition coefficient (Wildman–Crippen LogP) is 1.90. The van der Waals surface area contributed by atoms with E-state index in [-0.39, 0.29) is 11.6 Å².